The molecule has 6 nitrogen and oxygen atoms in total. The van der Waals surface area contributed by atoms with Crippen molar-refractivity contribution in [3.63, 3.8) is 0 Å². The Kier molecular flexibility index (Phi) is 4.98. The summed E-state index contributed by atoms with van der Waals surface area (Å²) >= 11 is 0. The first-order chi connectivity index (χ1) is 6.49. The number of aromatic nitrogens is 2. The number of hydrogen-bond acceptors (Lipinski definition) is 3. The lowest BCUT2D eigenvalue weighted by Gasteiger charge is -1.93. The first-order valence-corrected chi connectivity index (χ1v) is 3.90. The van der Waals surface area contributed by atoms with Gasteiger partial charge in [0.1, 0.15) is 0 Å². The van der Waals surface area contributed by atoms with Crippen LogP contribution in [0.2, 0.25) is 0 Å². The van der Waals surface area contributed by atoms with Gasteiger partial charge in [0.15, 0.2) is 0 Å². The largest absolute Gasteiger partial charge is 0.365 e. The quantitative estimate of drug-likeness (QED) is 0.629. The molecule has 0 aromatic carbocycles. The van der Waals surface area contributed by atoms with Gasteiger partial charge in [0.2, 0.25) is 6.41 Å². The number of primary amides is 1. The van der Waals surface area contributed by atoms with Crippen LogP contribution in [0.5, 0.6) is 0 Å². The number of aromatic amines is 1. The third-order valence-corrected chi connectivity index (χ3v) is 1.31. The second kappa shape index (κ2) is 5.74. The van der Waals surface area contributed by atoms with Crippen LogP contribution in [0.15, 0.2) is 6.20 Å². The summed E-state index contributed by atoms with van der Waals surface area (Å²) in [5.41, 5.74) is 6.12. The van der Waals surface area contributed by atoms with E-state index < -0.39 is 5.91 Å². The molecule has 0 spiro atoms. The number of carbonyl (C=O) groups excluding carboxylic acids is 2. The van der Waals surface area contributed by atoms with Gasteiger partial charge in [-0.25, -0.2) is 0 Å². The van der Waals surface area contributed by atoms with E-state index in [2.05, 4.69) is 10.2 Å². The zero-order valence-corrected chi connectivity index (χ0v) is 8.44. The van der Waals surface area contributed by atoms with Crippen LogP contribution in [0.1, 0.15) is 16.1 Å². The van der Waals surface area contributed by atoms with Crippen molar-refractivity contribution in [3.05, 3.63) is 17.5 Å². The lowest BCUT2D eigenvalue weighted by Crippen LogP contribution is -2.10. The number of hydrogen-bond donors (Lipinski definition) is 2. The third-order valence-electron chi connectivity index (χ3n) is 1.31. The summed E-state index contributed by atoms with van der Waals surface area (Å²) in [6.45, 7) is 1.74. The van der Waals surface area contributed by atoms with Crippen molar-refractivity contribution in [2.24, 2.45) is 5.73 Å². The Morgan fingerprint density at radius 1 is 1.64 bits per heavy atom. The monoisotopic (exact) mass is 198 g/mol. The fourth-order valence-electron chi connectivity index (χ4n) is 0.599. The number of nitrogens with zero attached hydrogens (tertiary/aromatic N) is 2. The van der Waals surface area contributed by atoms with Crippen molar-refractivity contribution in [1.29, 1.82) is 0 Å². The van der Waals surface area contributed by atoms with Crippen LogP contribution in [0.25, 0.3) is 0 Å². The van der Waals surface area contributed by atoms with Crippen LogP contribution >= 0.6 is 0 Å². The predicted octanol–water partition coefficient (Wildman–Crippen LogP) is -0.479. The van der Waals surface area contributed by atoms with Crippen molar-refractivity contribution in [3.8, 4) is 0 Å². The first-order valence-electron chi connectivity index (χ1n) is 3.90. The molecule has 0 aliphatic rings. The van der Waals surface area contributed by atoms with Crippen LogP contribution in [-0.4, -0.2) is 41.5 Å². The molecule has 14 heavy (non-hydrogen) atoms. The second-order valence-electron chi connectivity index (χ2n) is 2.84. The summed E-state index contributed by atoms with van der Waals surface area (Å²) in [6, 6.07) is 0. The number of nitrogens with two attached hydrogens (primary N) is 1. The maximum absolute atomic E-state index is 10.4. The normalized spacial score (nSPS) is 8.50. The molecule has 2 amide bonds. The van der Waals surface area contributed by atoms with E-state index in [0.717, 1.165) is 6.41 Å². The van der Waals surface area contributed by atoms with E-state index in [1.165, 1.54) is 11.1 Å². The predicted molar refractivity (Wildman–Crippen MR) is 51.6 cm³/mol. The molecule has 0 saturated carbocycles. The van der Waals surface area contributed by atoms with Gasteiger partial charge >= 0.3 is 0 Å². The molecular weight excluding hydrogens is 184 g/mol. The Morgan fingerprint density at radius 3 is 2.29 bits per heavy atom. The Balaban J connectivity index is 0.000000292. The fourth-order valence-corrected chi connectivity index (χ4v) is 0.599. The maximum atomic E-state index is 10.4. The molecule has 6 heteroatoms. The molecule has 0 unspecified atom stereocenters. The summed E-state index contributed by atoms with van der Waals surface area (Å²) in [7, 11) is 3.38. The van der Waals surface area contributed by atoms with Gasteiger partial charge in [-0.3, -0.25) is 14.7 Å². The van der Waals surface area contributed by atoms with Crippen LogP contribution < -0.4 is 5.73 Å². The molecule has 1 aromatic rings. The summed E-state index contributed by atoms with van der Waals surface area (Å²) in [5.74, 6) is -0.443. The highest BCUT2D eigenvalue weighted by atomic mass is 16.1. The van der Waals surface area contributed by atoms with Crippen molar-refractivity contribution in [2.75, 3.05) is 14.1 Å². The fraction of sp³-hybridized carbons (Fsp3) is 0.375. The summed E-state index contributed by atoms with van der Waals surface area (Å²) < 4.78 is 0. The zero-order valence-electron chi connectivity index (χ0n) is 8.44. The Hall–Kier alpha value is -1.85. The Morgan fingerprint density at radius 2 is 2.14 bits per heavy atom. The minimum atomic E-state index is -0.443. The van der Waals surface area contributed by atoms with Crippen LogP contribution in [0.4, 0.5) is 0 Å². The number of carbonyl (C=O) groups is 2. The highest BCUT2D eigenvalue weighted by Gasteiger charge is 2.03. The van der Waals surface area contributed by atoms with E-state index in [-0.39, 0.29) is 0 Å². The minimum absolute atomic E-state index is 0.443. The Labute approximate surface area is 82.1 Å². The van der Waals surface area contributed by atoms with Gasteiger partial charge < -0.3 is 10.6 Å². The van der Waals surface area contributed by atoms with Gasteiger partial charge in [0, 0.05) is 19.8 Å². The molecular formula is C8H14N4O2. The standard InChI is InChI=1S/C5H7N3O.C3H7NO/c1-3-4(5(6)9)2-7-8-3;1-4(2)3-5/h2H,1H3,(H2,6,9)(H,7,8);3H,1-2H3. The zero-order chi connectivity index (χ0) is 11.1. The van der Waals surface area contributed by atoms with Crippen LogP contribution in [0, 0.1) is 6.92 Å². The molecule has 1 heterocycles. The minimum Gasteiger partial charge on any atom is -0.365 e. The van der Waals surface area contributed by atoms with E-state index in [9.17, 15) is 9.59 Å². The maximum Gasteiger partial charge on any atom is 0.252 e. The number of rotatable bonds is 2. The molecule has 1 rings (SSSR count). The van der Waals surface area contributed by atoms with Crippen molar-refractivity contribution in [2.45, 2.75) is 6.92 Å². The van der Waals surface area contributed by atoms with Crippen molar-refractivity contribution >= 4 is 12.3 Å². The number of aryl methyl sites for hydroxylation is 1. The van der Waals surface area contributed by atoms with E-state index in [1.807, 2.05) is 0 Å². The van der Waals surface area contributed by atoms with Crippen molar-refractivity contribution < 1.29 is 9.59 Å². The highest BCUT2D eigenvalue weighted by molar-refractivity contribution is 5.93. The Bertz CT molecular complexity index is 306. The molecule has 0 radical (unpaired) electrons. The molecule has 0 fully saturated rings. The van der Waals surface area contributed by atoms with Gasteiger partial charge in [0.25, 0.3) is 5.91 Å². The molecule has 0 atom stereocenters. The smallest absolute Gasteiger partial charge is 0.252 e. The van der Waals surface area contributed by atoms with Crippen LogP contribution in [0.3, 0.4) is 0 Å². The number of amides is 2. The topological polar surface area (TPSA) is 92.1 Å². The van der Waals surface area contributed by atoms with Crippen molar-refractivity contribution in [1.82, 2.24) is 15.1 Å². The first kappa shape index (κ1) is 12.2. The van der Waals surface area contributed by atoms with Gasteiger partial charge in [-0.1, -0.05) is 0 Å². The summed E-state index contributed by atoms with van der Waals surface area (Å²) in [4.78, 5) is 21.3. The molecule has 0 bridgehead atoms. The van der Waals surface area contributed by atoms with Gasteiger partial charge in [-0.05, 0) is 6.92 Å². The number of H-pyrrole nitrogens is 1. The molecule has 3 N–H and O–H groups in total. The third kappa shape index (κ3) is 4.24. The van der Waals surface area contributed by atoms with Gasteiger partial charge in [-0.15, -0.1) is 0 Å². The molecule has 1 aromatic heterocycles. The lowest BCUT2D eigenvalue weighted by atomic mass is 10.3. The van der Waals surface area contributed by atoms with E-state index in [4.69, 9.17) is 5.73 Å². The molecule has 0 aliphatic heterocycles. The molecule has 78 valence electrons. The molecule has 0 saturated heterocycles. The number of nitrogens with one attached hydrogen (secondary N) is 1. The van der Waals surface area contributed by atoms with Gasteiger partial charge in [0.05, 0.1) is 11.8 Å². The molecule has 0 aliphatic carbocycles. The summed E-state index contributed by atoms with van der Waals surface area (Å²) in [6.07, 6.45) is 2.16. The SMILES string of the molecule is CN(C)C=O.Cc1[nH]ncc1C(N)=O. The van der Waals surface area contributed by atoms with E-state index >= 15 is 0 Å². The highest BCUT2D eigenvalue weighted by Crippen LogP contribution is 1.98. The lowest BCUT2D eigenvalue weighted by molar-refractivity contribution is -0.115. The average Bonchev–Trinajstić information content (AvgIpc) is 2.52. The second-order valence-corrected chi connectivity index (χ2v) is 2.84. The van der Waals surface area contributed by atoms with E-state index in [1.54, 1.807) is 21.0 Å². The summed E-state index contributed by atoms with van der Waals surface area (Å²) in [5, 5.41) is 6.22. The van der Waals surface area contributed by atoms with Crippen LogP contribution in [-0.2, 0) is 4.79 Å². The average molecular weight is 198 g/mol. The van der Waals surface area contributed by atoms with E-state index in [0.29, 0.717) is 11.3 Å². The van der Waals surface area contributed by atoms with Gasteiger partial charge in [-0.2, -0.15) is 5.10 Å².